The monoisotopic (exact) mass is 247 g/mol. The minimum absolute atomic E-state index is 0.173. The molecule has 0 aliphatic rings. The fourth-order valence-electron chi connectivity index (χ4n) is 1.35. The van der Waals surface area contributed by atoms with Gasteiger partial charge in [-0.1, -0.05) is 6.08 Å². The molecule has 0 spiro atoms. The second-order valence-corrected chi connectivity index (χ2v) is 3.48. The third kappa shape index (κ3) is 3.97. The van der Waals surface area contributed by atoms with Crippen molar-refractivity contribution in [3.8, 4) is 11.5 Å². The number of carbonyl (C=O) groups is 1. The molecule has 4 nitrogen and oxygen atoms in total. The predicted molar refractivity (Wildman–Crippen MR) is 71.8 cm³/mol. The lowest BCUT2D eigenvalue weighted by molar-refractivity contribution is -0.116. The quantitative estimate of drug-likeness (QED) is 0.618. The molecule has 1 rings (SSSR count). The standard InChI is InChI=1S/C14H17NO3/c1-4-9-15-14(16)8-6-11-5-7-12(17-2)10-13(11)18-3/h4-8,10H,1,9H2,2-3H3,(H,15,16). The number of methoxy groups -OCH3 is 2. The average Bonchev–Trinajstić information content (AvgIpc) is 2.42. The maximum absolute atomic E-state index is 11.4. The fourth-order valence-corrected chi connectivity index (χ4v) is 1.35. The van der Waals surface area contributed by atoms with Gasteiger partial charge in [0.25, 0.3) is 0 Å². The van der Waals surface area contributed by atoms with E-state index >= 15 is 0 Å². The largest absolute Gasteiger partial charge is 0.497 e. The number of hydrogen-bond donors (Lipinski definition) is 1. The fraction of sp³-hybridized carbons (Fsp3) is 0.214. The Hall–Kier alpha value is -2.23. The van der Waals surface area contributed by atoms with E-state index in [4.69, 9.17) is 9.47 Å². The first kappa shape index (κ1) is 13.8. The molecule has 18 heavy (non-hydrogen) atoms. The van der Waals surface area contributed by atoms with Crippen LogP contribution in [0.15, 0.2) is 36.9 Å². The van der Waals surface area contributed by atoms with E-state index in [1.165, 1.54) is 6.08 Å². The predicted octanol–water partition coefficient (Wildman–Crippen LogP) is 2.02. The lowest BCUT2D eigenvalue weighted by Gasteiger charge is -2.07. The summed E-state index contributed by atoms with van der Waals surface area (Å²) in [4.78, 5) is 11.4. The Morgan fingerprint density at radius 1 is 1.39 bits per heavy atom. The van der Waals surface area contributed by atoms with Crippen LogP contribution < -0.4 is 14.8 Å². The lowest BCUT2D eigenvalue weighted by Crippen LogP contribution is -2.20. The minimum Gasteiger partial charge on any atom is -0.497 e. The molecule has 96 valence electrons. The summed E-state index contributed by atoms with van der Waals surface area (Å²) in [5.74, 6) is 1.19. The van der Waals surface area contributed by atoms with Gasteiger partial charge >= 0.3 is 0 Å². The number of amides is 1. The molecule has 0 aromatic heterocycles. The van der Waals surface area contributed by atoms with Gasteiger partial charge in [-0.05, 0) is 18.2 Å². The van der Waals surface area contributed by atoms with Crippen molar-refractivity contribution < 1.29 is 14.3 Å². The minimum atomic E-state index is -0.173. The topological polar surface area (TPSA) is 47.6 Å². The van der Waals surface area contributed by atoms with Gasteiger partial charge < -0.3 is 14.8 Å². The lowest BCUT2D eigenvalue weighted by atomic mass is 10.1. The summed E-state index contributed by atoms with van der Waals surface area (Å²) in [7, 11) is 3.16. The number of hydrogen-bond acceptors (Lipinski definition) is 3. The Bertz CT molecular complexity index is 452. The van der Waals surface area contributed by atoms with Crippen LogP contribution in [0, 0.1) is 0 Å². The van der Waals surface area contributed by atoms with Crippen LogP contribution in [-0.4, -0.2) is 26.7 Å². The maximum atomic E-state index is 11.4. The second-order valence-electron chi connectivity index (χ2n) is 3.48. The van der Waals surface area contributed by atoms with E-state index in [1.807, 2.05) is 12.1 Å². The van der Waals surface area contributed by atoms with E-state index < -0.39 is 0 Å². The molecule has 0 atom stereocenters. The summed E-state index contributed by atoms with van der Waals surface area (Å²) in [5, 5.41) is 2.65. The van der Waals surface area contributed by atoms with Gasteiger partial charge in [-0.3, -0.25) is 4.79 Å². The summed E-state index contributed by atoms with van der Waals surface area (Å²) in [6.45, 7) is 3.97. The van der Waals surface area contributed by atoms with Crippen molar-refractivity contribution in [2.45, 2.75) is 0 Å². The molecule has 0 unspecified atom stereocenters. The Balaban J connectivity index is 2.80. The smallest absolute Gasteiger partial charge is 0.244 e. The SMILES string of the molecule is C=CCNC(=O)C=Cc1ccc(OC)cc1OC. The molecular weight excluding hydrogens is 230 g/mol. The van der Waals surface area contributed by atoms with Crippen LogP contribution in [0.3, 0.4) is 0 Å². The molecule has 0 fully saturated rings. The van der Waals surface area contributed by atoms with Crippen LogP contribution >= 0.6 is 0 Å². The molecule has 1 amide bonds. The van der Waals surface area contributed by atoms with Gasteiger partial charge in [0.2, 0.25) is 5.91 Å². The first-order valence-electron chi connectivity index (χ1n) is 5.50. The molecule has 0 aliphatic carbocycles. The number of carbonyl (C=O) groups excluding carboxylic acids is 1. The summed E-state index contributed by atoms with van der Waals surface area (Å²) < 4.78 is 10.3. The van der Waals surface area contributed by atoms with E-state index in [0.717, 1.165) is 5.56 Å². The molecule has 1 N–H and O–H groups in total. The Kier molecular flexibility index (Phi) is 5.51. The zero-order chi connectivity index (χ0) is 13.4. The van der Waals surface area contributed by atoms with Crippen molar-refractivity contribution in [3.63, 3.8) is 0 Å². The van der Waals surface area contributed by atoms with Crippen molar-refractivity contribution in [3.05, 3.63) is 42.5 Å². The molecule has 1 aromatic carbocycles. The van der Waals surface area contributed by atoms with Crippen LogP contribution in [0.25, 0.3) is 6.08 Å². The molecule has 0 bridgehead atoms. The van der Waals surface area contributed by atoms with E-state index in [9.17, 15) is 4.79 Å². The van der Waals surface area contributed by atoms with E-state index in [1.54, 1.807) is 32.4 Å². The van der Waals surface area contributed by atoms with Gasteiger partial charge in [0.15, 0.2) is 0 Å². The third-order valence-electron chi connectivity index (χ3n) is 2.28. The van der Waals surface area contributed by atoms with Crippen LogP contribution in [-0.2, 0) is 4.79 Å². The molecule has 1 aromatic rings. The van der Waals surface area contributed by atoms with Crippen LogP contribution in [0.1, 0.15) is 5.56 Å². The van der Waals surface area contributed by atoms with Gasteiger partial charge in [-0.2, -0.15) is 0 Å². The summed E-state index contributed by atoms with van der Waals surface area (Å²) >= 11 is 0. The first-order chi connectivity index (χ1) is 8.71. The molecule has 0 saturated heterocycles. The Morgan fingerprint density at radius 3 is 2.78 bits per heavy atom. The van der Waals surface area contributed by atoms with Gasteiger partial charge in [-0.25, -0.2) is 0 Å². The highest BCUT2D eigenvalue weighted by Gasteiger charge is 2.02. The van der Waals surface area contributed by atoms with E-state index in [2.05, 4.69) is 11.9 Å². The molecule has 0 saturated carbocycles. The summed E-state index contributed by atoms with van der Waals surface area (Å²) in [5.41, 5.74) is 0.812. The van der Waals surface area contributed by atoms with Crippen molar-refractivity contribution in [1.82, 2.24) is 5.32 Å². The van der Waals surface area contributed by atoms with Gasteiger partial charge in [0.05, 0.1) is 14.2 Å². The highest BCUT2D eigenvalue weighted by molar-refractivity contribution is 5.92. The Morgan fingerprint density at radius 2 is 2.17 bits per heavy atom. The van der Waals surface area contributed by atoms with E-state index in [0.29, 0.717) is 18.0 Å². The zero-order valence-corrected chi connectivity index (χ0v) is 10.6. The first-order valence-corrected chi connectivity index (χ1v) is 5.50. The van der Waals surface area contributed by atoms with Gasteiger partial charge in [0.1, 0.15) is 11.5 Å². The molecule has 0 aliphatic heterocycles. The summed E-state index contributed by atoms with van der Waals surface area (Å²) in [6.07, 6.45) is 4.77. The van der Waals surface area contributed by atoms with Crippen LogP contribution in [0.5, 0.6) is 11.5 Å². The highest BCUT2D eigenvalue weighted by Crippen LogP contribution is 2.25. The van der Waals surface area contributed by atoms with Gasteiger partial charge in [-0.15, -0.1) is 6.58 Å². The number of ether oxygens (including phenoxy) is 2. The zero-order valence-electron chi connectivity index (χ0n) is 10.6. The van der Waals surface area contributed by atoms with Crippen LogP contribution in [0.4, 0.5) is 0 Å². The van der Waals surface area contributed by atoms with Crippen molar-refractivity contribution in [2.75, 3.05) is 20.8 Å². The third-order valence-corrected chi connectivity index (χ3v) is 2.28. The normalized spacial score (nSPS) is 10.1. The average molecular weight is 247 g/mol. The van der Waals surface area contributed by atoms with Crippen molar-refractivity contribution in [1.29, 1.82) is 0 Å². The van der Waals surface area contributed by atoms with Crippen molar-refractivity contribution in [2.24, 2.45) is 0 Å². The second kappa shape index (κ2) is 7.17. The van der Waals surface area contributed by atoms with E-state index in [-0.39, 0.29) is 5.91 Å². The number of nitrogens with one attached hydrogen (secondary N) is 1. The highest BCUT2D eigenvalue weighted by atomic mass is 16.5. The molecular formula is C14H17NO3. The molecule has 0 heterocycles. The van der Waals surface area contributed by atoms with Crippen LogP contribution in [0.2, 0.25) is 0 Å². The molecule has 4 heteroatoms. The van der Waals surface area contributed by atoms with Gasteiger partial charge in [0, 0.05) is 24.3 Å². The molecule has 0 radical (unpaired) electrons. The number of benzene rings is 1. The maximum Gasteiger partial charge on any atom is 0.244 e. The number of rotatable bonds is 6. The Labute approximate surface area is 107 Å². The summed E-state index contributed by atoms with van der Waals surface area (Å²) in [6, 6.07) is 5.40. The van der Waals surface area contributed by atoms with Crippen molar-refractivity contribution >= 4 is 12.0 Å².